The maximum atomic E-state index is 12.2. The number of ether oxygens (including phenoxy) is 2. The third-order valence-electron chi connectivity index (χ3n) is 4.62. The van der Waals surface area contributed by atoms with Crippen molar-refractivity contribution in [3.63, 3.8) is 0 Å². The third-order valence-corrected chi connectivity index (χ3v) is 5.63. The molecule has 2 heterocycles. The summed E-state index contributed by atoms with van der Waals surface area (Å²) < 4.78 is 53.5. The minimum absolute atomic E-state index is 0.243. The van der Waals surface area contributed by atoms with E-state index < -0.39 is 6.36 Å². The van der Waals surface area contributed by atoms with E-state index >= 15 is 0 Å². The van der Waals surface area contributed by atoms with Crippen LogP contribution in [0, 0.1) is 0 Å². The highest BCUT2D eigenvalue weighted by atomic mass is 32.2. The van der Waals surface area contributed by atoms with Gasteiger partial charge in [0.25, 0.3) is 0 Å². The number of aryl methyl sites for hydroxylation is 1. The zero-order chi connectivity index (χ0) is 24.5. The lowest BCUT2D eigenvalue weighted by Crippen LogP contribution is -2.16. The average Bonchev–Trinajstić information content (AvgIpc) is 3.52. The zero-order valence-electron chi connectivity index (χ0n) is 18.4. The van der Waals surface area contributed by atoms with Crippen LogP contribution in [-0.4, -0.2) is 32.1 Å². The summed E-state index contributed by atoms with van der Waals surface area (Å²) in [6.45, 7) is 1.07. The smallest absolute Gasteiger partial charge is 0.487 e. The maximum Gasteiger partial charge on any atom is 0.573 e. The molecule has 0 bridgehead atoms. The SMILES string of the molecule is FC(F)(F)Oc1ccc(C=Cc2nc(COc3ccc(CSCCn4ccnn4)cc3)co2)cc1. The van der Waals surface area contributed by atoms with Gasteiger partial charge in [-0.25, -0.2) is 4.98 Å². The first kappa shape index (κ1) is 24.4. The maximum absolute atomic E-state index is 12.2. The molecule has 4 aromatic rings. The summed E-state index contributed by atoms with van der Waals surface area (Å²) >= 11 is 1.82. The van der Waals surface area contributed by atoms with E-state index in [1.807, 2.05) is 46.9 Å². The standard InChI is InChI=1S/C24H21F3N4O3S/c25-24(26,27)34-22-8-1-18(2-9-22)5-10-23-29-20(16-33-23)15-32-21-6-3-19(4-7-21)17-35-14-13-31-12-11-28-30-31/h1-12,16H,13-15,17H2. The normalized spacial score (nSPS) is 11.7. The minimum Gasteiger partial charge on any atom is -0.487 e. The number of nitrogens with zero attached hydrogens (tertiary/aromatic N) is 4. The summed E-state index contributed by atoms with van der Waals surface area (Å²) in [6.07, 6.45) is 3.60. The molecule has 0 amide bonds. The largest absolute Gasteiger partial charge is 0.573 e. The van der Waals surface area contributed by atoms with E-state index in [4.69, 9.17) is 9.15 Å². The van der Waals surface area contributed by atoms with Gasteiger partial charge in [0.1, 0.15) is 30.1 Å². The Morgan fingerprint density at radius 3 is 2.49 bits per heavy atom. The van der Waals surface area contributed by atoms with Gasteiger partial charge in [-0.15, -0.1) is 18.3 Å². The van der Waals surface area contributed by atoms with Gasteiger partial charge in [-0.1, -0.05) is 29.5 Å². The molecule has 0 saturated heterocycles. The minimum atomic E-state index is -4.71. The summed E-state index contributed by atoms with van der Waals surface area (Å²) in [4.78, 5) is 4.33. The van der Waals surface area contributed by atoms with E-state index in [0.29, 0.717) is 17.1 Å². The monoisotopic (exact) mass is 502 g/mol. The molecular weight excluding hydrogens is 481 g/mol. The molecule has 0 atom stereocenters. The van der Waals surface area contributed by atoms with E-state index in [1.54, 1.807) is 18.3 Å². The lowest BCUT2D eigenvalue weighted by atomic mass is 10.2. The Morgan fingerprint density at radius 2 is 1.77 bits per heavy atom. The average molecular weight is 503 g/mol. The lowest BCUT2D eigenvalue weighted by Gasteiger charge is -2.08. The van der Waals surface area contributed by atoms with Crippen molar-refractivity contribution in [1.29, 1.82) is 0 Å². The van der Waals surface area contributed by atoms with E-state index in [1.165, 1.54) is 36.1 Å². The van der Waals surface area contributed by atoms with Crippen LogP contribution in [0.5, 0.6) is 11.5 Å². The molecule has 0 aliphatic carbocycles. The fourth-order valence-electron chi connectivity index (χ4n) is 2.95. The Labute approximate surface area is 203 Å². The van der Waals surface area contributed by atoms with E-state index in [-0.39, 0.29) is 12.4 Å². The van der Waals surface area contributed by atoms with Gasteiger partial charge < -0.3 is 13.9 Å². The molecule has 0 fully saturated rings. The molecule has 0 N–H and O–H groups in total. The molecule has 2 aromatic carbocycles. The van der Waals surface area contributed by atoms with Crippen molar-refractivity contribution >= 4 is 23.9 Å². The van der Waals surface area contributed by atoms with Gasteiger partial charge in [-0.3, -0.25) is 4.68 Å². The number of rotatable bonds is 11. The highest BCUT2D eigenvalue weighted by Crippen LogP contribution is 2.23. The number of oxazole rings is 1. The first-order chi connectivity index (χ1) is 16.9. The van der Waals surface area contributed by atoms with Crippen LogP contribution in [0.2, 0.25) is 0 Å². The number of hydrogen-bond donors (Lipinski definition) is 0. The van der Waals surface area contributed by atoms with E-state index in [9.17, 15) is 13.2 Å². The summed E-state index contributed by atoms with van der Waals surface area (Å²) in [7, 11) is 0. The number of halogens is 3. The van der Waals surface area contributed by atoms with Crippen LogP contribution >= 0.6 is 11.8 Å². The van der Waals surface area contributed by atoms with Gasteiger partial charge in [0.15, 0.2) is 0 Å². The van der Waals surface area contributed by atoms with Crippen molar-refractivity contribution < 1.29 is 27.1 Å². The lowest BCUT2D eigenvalue weighted by molar-refractivity contribution is -0.274. The predicted octanol–water partition coefficient (Wildman–Crippen LogP) is 5.85. The number of benzene rings is 2. The Bertz CT molecular complexity index is 1210. The van der Waals surface area contributed by atoms with Crippen LogP contribution in [0.25, 0.3) is 12.2 Å². The molecule has 0 unspecified atom stereocenters. The Kier molecular flexibility index (Phi) is 8.09. The molecule has 4 rings (SSSR count). The molecule has 11 heteroatoms. The highest BCUT2D eigenvalue weighted by molar-refractivity contribution is 7.98. The molecular formula is C24H21F3N4O3S. The molecule has 7 nitrogen and oxygen atoms in total. The second-order valence-corrected chi connectivity index (χ2v) is 8.38. The predicted molar refractivity (Wildman–Crippen MR) is 126 cm³/mol. The van der Waals surface area contributed by atoms with Gasteiger partial charge in [-0.05, 0) is 41.5 Å². The number of alkyl halides is 3. The molecule has 2 aromatic heterocycles. The van der Waals surface area contributed by atoms with Crippen LogP contribution in [-0.2, 0) is 18.9 Å². The van der Waals surface area contributed by atoms with Crippen molar-refractivity contribution in [1.82, 2.24) is 20.0 Å². The fraction of sp³-hybridized carbons (Fsp3) is 0.208. The van der Waals surface area contributed by atoms with E-state index in [0.717, 1.165) is 23.8 Å². The van der Waals surface area contributed by atoms with Crippen molar-refractivity contribution in [3.05, 3.63) is 89.9 Å². The molecule has 0 radical (unpaired) electrons. The molecule has 0 saturated carbocycles. The summed E-state index contributed by atoms with van der Waals surface area (Å²) in [5.74, 6) is 2.65. The summed E-state index contributed by atoms with van der Waals surface area (Å²) in [6, 6.07) is 13.4. The number of aromatic nitrogens is 4. The Morgan fingerprint density at radius 1 is 1.00 bits per heavy atom. The topological polar surface area (TPSA) is 75.2 Å². The molecule has 0 aliphatic rings. The van der Waals surface area contributed by atoms with Crippen LogP contribution < -0.4 is 9.47 Å². The molecule has 0 aliphatic heterocycles. The zero-order valence-corrected chi connectivity index (χ0v) is 19.2. The Balaban J connectivity index is 1.20. The summed E-state index contributed by atoms with van der Waals surface area (Å²) in [5.41, 5.74) is 2.49. The quantitative estimate of drug-likeness (QED) is 0.238. The molecule has 35 heavy (non-hydrogen) atoms. The fourth-order valence-corrected chi connectivity index (χ4v) is 3.84. The summed E-state index contributed by atoms with van der Waals surface area (Å²) in [5, 5.41) is 7.73. The van der Waals surface area contributed by atoms with Gasteiger partial charge >= 0.3 is 6.36 Å². The third kappa shape index (κ3) is 8.21. The van der Waals surface area contributed by atoms with Gasteiger partial charge in [0.05, 0.1) is 12.7 Å². The second kappa shape index (κ2) is 11.6. The first-order valence-electron chi connectivity index (χ1n) is 10.5. The van der Waals surface area contributed by atoms with Crippen molar-refractivity contribution in [2.24, 2.45) is 0 Å². The molecule has 182 valence electrons. The number of hydrogen-bond acceptors (Lipinski definition) is 7. The van der Waals surface area contributed by atoms with Gasteiger partial charge in [-0.2, -0.15) is 11.8 Å². The number of thioether (sulfide) groups is 1. The van der Waals surface area contributed by atoms with Crippen LogP contribution in [0.1, 0.15) is 22.7 Å². The van der Waals surface area contributed by atoms with Crippen LogP contribution in [0.15, 0.2) is 71.6 Å². The van der Waals surface area contributed by atoms with Gasteiger partial charge in [0.2, 0.25) is 5.89 Å². The van der Waals surface area contributed by atoms with Crippen LogP contribution in [0.3, 0.4) is 0 Å². The van der Waals surface area contributed by atoms with E-state index in [2.05, 4.69) is 20.0 Å². The highest BCUT2D eigenvalue weighted by Gasteiger charge is 2.30. The Hall–Kier alpha value is -3.73. The van der Waals surface area contributed by atoms with Crippen molar-refractivity contribution in [2.45, 2.75) is 25.3 Å². The van der Waals surface area contributed by atoms with Gasteiger partial charge in [0, 0.05) is 23.8 Å². The van der Waals surface area contributed by atoms with Crippen molar-refractivity contribution in [3.8, 4) is 11.5 Å². The molecule has 0 spiro atoms. The van der Waals surface area contributed by atoms with Crippen molar-refractivity contribution in [2.75, 3.05) is 5.75 Å². The first-order valence-corrected chi connectivity index (χ1v) is 11.7. The second-order valence-electron chi connectivity index (χ2n) is 7.28. The van der Waals surface area contributed by atoms with Crippen LogP contribution in [0.4, 0.5) is 13.2 Å².